The lowest BCUT2D eigenvalue weighted by molar-refractivity contribution is -0.0585. The summed E-state index contributed by atoms with van der Waals surface area (Å²) in [5, 5.41) is 0.833. The molecule has 1 saturated heterocycles. The normalized spacial score (nSPS) is 19.0. The second-order valence-corrected chi connectivity index (χ2v) is 7.61. The van der Waals surface area contributed by atoms with Crippen molar-refractivity contribution in [2.75, 3.05) is 27.3 Å². The third-order valence-corrected chi connectivity index (χ3v) is 5.34. The Labute approximate surface area is 176 Å². The van der Waals surface area contributed by atoms with E-state index in [2.05, 4.69) is 0 Å². The number of carbonyl (C=O) groups is 1. The van der Waals surface area contributed by atoms with Crippen LogP contribution in [-0.2, 0) is 4.74 Å². The summed E-state index contributed by atoms with van der Waals surface area (Å²) < 4.78 is 16.7. The molecular weight excluding hydrogens is 380 g/mol. The van der Waals surface area contributed by atoms with Crippen LogP contribution in [-0.4, -0.2) is 55.3 Å². The number of para-hydroxylation sites is 1. The van der Waals surface area contributed by atoms with E-state index >= 15 is 0 Å². The molecule has 2 atom stereocenters. The molecule has 0 saturated carbocycles. The molecule has 3 aromatic rings. The van der Waals surface area contributed by atoms with Gasteiger partial charge in [-0.15, -0.1) is 0 Å². The predicted octanol–water partition coefficient (Wildman–Crippen LogP) is 4.17. The number of benzene rings is 2. The Morgan fingerprint density at radius 3 is 2.47 bits per heavy atom. The molecule has 4 rings (SSSR count). The van der Waals surface area contributed by atoms with Crippen molar-refractivity contribution in [3.05, 3.63) is 54.1 Å². The summed E-state index contributed by atoms with van der Waals surface area (Å²) in [7, 11) is 3.24. The van der Waals surface area contributed by atoms with Crippen LogP contribution in [0.3, 0.4) is 0 Å². The monoisotopic (exact) mass is 406 g/mol. The molecule has 0 aliphatic carbocycles. The Morgan fingerprint density at radius 2 is 1.77 bits per heavy atom. The van der Waals surface area contributed by atoms with Crippen molar-refractivity contribution in [2.24, 2.45) is 0 Å². The highest BCUT2D eigenvalue weighted by molar-refractivity contribution is 6.07. The highest BCUT2D eigenvalue weighted by atomic mass is 16.5. The molecule has 1 fully saturated rings. The first-order valence-electron chi connectivity index (χ1n) is 10.1. The van der Waals surface area contributed by atoms with Crippen molar-refractivity contribution >= 4 is 16.8 Å². The van der Waals surface area contributed by atoms with E-state index in [-0.39, 0.29) is 18.1 Å². The molecule has 156 valence electrons. The van der Waals surface area contributed by atoms with E-state index in [0.29, 0.717) is 35.8 Å². The molecule has 2 heterocycles. The Balaban J connectivity index is 1.86. The zero-order valence-electron chi connectivity index (χ0n) is 17.7. The molecule has 0 radical (unpaired) electrons. The van der Waals surface area contributed by atoms with Crippen molar-refractivity contribution in [1.29, 1.82) is 0 Å². The van der Waals surface area contributed by atoms with Gasteiger partial charge in [-0.25, -0.2) is 4.98 Å². The maximum atomic E-state index is 13.6. The molecule has 6 heteroatoms. The fraction of sp³-hybridized carbons (Fsp3) is 0.333. The van der Waals surface area contributed by atoms with E-state index in [1.54, 1.807) is 14.2 Å². The van der Waals surface area contributed by atoms with Gasteiger partial charge in [0, 0.05) is 24.0 Å². The number of aromatic nitrogens is 1. The van der Waals surface area contributed by atoms with Crippen LogP contribution in [0.15, 0.2) is 48.5 Å². The number of morpholine rings is 1. The first-order valence-corrected chi connectivity index (χ1v) is 10.1. The number of methoxy groups -OCH3 is 2. The summed E-state index contributed by atoms with van der Waals surface area (Å²) in [5.41, 5.74) is 2.84. The van der Waals surface area contributed by atoms with Crippen LogP contribution in [0, 0.1) is 0 Å². The zero-order chi connectivity index (χ0) is 21.3. The molecule has 1 aliphatic heterocycles. The van der Waals surface area contributed by atoms with Gasteiger partial charge >= 0.3 is 0 Å². The van der Waals surface area contributed by atoms with Crippen LogP contribution in [0.25, 0.3) is 22.2 Å². The smallest absolute Gasteiger partial charge is 0.254 e. The minimum atomic E-state index is -0.0151. The van der Waals surface area contributed by atoms with Gasteiger partial charge in [-0.1, -0.05) is 18.2 Å². The lowest BCUT2D eigenvalue weighted by Crippen LogP contribution is -2.48. The van der Waals surface area contributed by atoms with Gasteiger partial charge in [0.25, 0.3) is 5.91 Å². The highest BCUT2D eigenvalue weighted by Crippen LogP contribution is 2.35. The Hall–Kier alpha value is -3.12. The number of hydrogen-bond donors (Lipinski definition) is 0. The minimum absolute atomic E-state index is 0.00347. The SMILES string of the molecule is COc1ccc(OC)c(-c2cc(C(=O)N3CC(C)OC(C)C3)c3ccccc3n2)c1. The molecular formula is C24H26N2O4. The summed E-state index contributed by atoms with van der Waals surface area (Å²) in [5.74, 6) is 1.36. The van der Waals surface area contributed by atoms with Gasteiger partial charge < -0.3 is 19.1 Å². The summed E-state index contributed by atoms with van der Waals surface area (Å²) in [6.07, 6.45) is 0.00695. The highest BCUT2D eigenvalue weighted by Gasteiger charge is 2.28. The topological polar surface area (TPSA) is 60.9 Å². The molecule has 1 aliphatic rings. The van der Waals surface area contributed by atoms with E-state index in [0.717, 1.165) is 16.5 Å². The van der Waals surface area contributed by atoms with Crippen molar-refractivity contribution in [1.82, 2.24) is 9.88 Å². The van der Waals surface area contributed by atoms with E-state index in [4.69, 9.17) is 19.2 Å². The molecule has 0 bridgehead atoms. The second-order valence-electron chi connectivity index (χ2n) is 7.61. The molecule has 6 nitrogen and oxygen atoms in total. The van der Waals surface area contributed by atoms with Gasteiger partial charge in [-0.2, -0.15) is 0 Å². The Kier molecular flexibility index (Phi) is 5.59. The number of amides is 1. The average Bonchev–Trinajstić information content (AvgIpc) is 2.76. The fourth-order valence-corrected chi connectivity index (χ4v) is 4.02. The van der Waals surface area contributed by atoms with Crippen molar-refractivity contribution in [3.8, 4) is 22.8 Å². The van der Waals surface area contributed by atoms with Crippen molar-refractivity contribution in [3.63, 3.8) is 0 Å². The standard InChI is InChI=1S/C24H26N2O4/c1-15-13-26(14-16(2)30-15)24(27)19-12-22(25-21-8-6-5-7-18(19)21)20-11-17(28-3)9-10-23(20)29-4/h5-12,15-16H,13-14H2,1-4H3. The molecule has 1 aromatic heterocycles. The van der Waals surface area contributed by atoms with E-state index in [1.807, 2.05) is 67.3 Å². The first kappa shape index (κ1) is 20.2. The quantitative estimate of drug-likeness (QED) is 0.651. The number of rotatable bonds is 4. The third kappa shape index (κ3) is 3.83. The van der Waals surface area contributed by atoms with E-state index < -0.39 is 0 Å². The fourth-order valence-electron chi connectivity index (χ4n) is 4.02. The third-order valence-electron chi connectivity index (χ3n) is 5.34. The first-order chi connectivity index (χ1) is 14.5. The maximum Gasteiger partial charge on any atom is 0.254 e. The lowest BCUT2D eigenvalue weighted by Gasteiger charge is -2.35. The molecule has 2 unspecified atom stereocenters. The largest absolute Gasteiger partial charge is 0.497 e. The van der Waals surface area contributed by atoms with Gasteiger partial charge in [-0.3, -0.25) is 4.79 Å². The van der Waals surface area contributed by atoms with Gasteiger partial charge in [0.15, 0.2) is 0 Å². The zero-order valence-corrected chi connectivity index (χ0v) is 17.7. The van der Waals surface area contributed by atoms with Crippen LogP contribution in [0.2, 0.25) is 0 Å². The van der Waals surface area contributed by atoms with Crippen LogP contribution in [0.1, 0.15) is 24.2 Å². The maximum absolute atomic E-state index is 13.6. The average molecular weight is 406 g/mol. The van der Waals surface area contributed by atoms with Gasteiger partial charge in [0.05, 0.1) is 43.2 Å². The summed E-state index contributed by atoms with van der Waals surface area (Å²) >= 11 is 0. The minimum Gasteiger partial charge on any atom is -0.497 e. The number of pyridine rings is 1. The number of carbonyl (C=O) groups excluding carboxylic acids is 1. The van der Waals surface area contributed by atoms with Crippen LogP contribution in [0.4, 0.5) is 0 Å². The van der Waals surface area contributed by atoms with Gasteiger partial charge in [-0.05, 0) is 44.2 Å². The Bertz CT molecular complexity index is 1070. The molecule has 30 heavy (non-hydrogen) atoms. The number of fused-ring (bicyclic) bond motifs is 1. The van der Waals surface area contributed by atoms with E-state index in [1.165, 1.54) is 0 Å². The predicted molar refractivity (Wildman–Crippen MR) is 116 cm³/mol. The summed E-state index contributed by atoms with van der Waals surface area (Å²) in [4.78, 5) is 20.2. The lowest BCUT2D eigenvalue weighted by atomic mass is 10.0. The van der Waals surface area contributed by atoms with Crippen LogP contribution < -0.4 is 9.47 Å². The number of nitrogens with zero attached hydrogens (tertiary/aromatic N) is 2. The van der Waals surface area contributed by atoms with Crippen molar-refractivity contribution < 1.29 is 19.0 Å². The van der Waals surface area contributed by atoms with Gasteiger partial charge in [0.2, 0.25) is 0 Å². The molecule has 0 spiro atoms. The summed E-state index contributed by atoms with van der Waals surface area (Å²) in [6, 6.07) is 15.1. The van der Waals surface area contributed by atoms with Crippen LogP contribution in [0.5, 0.6) is 11.5 Å². The van der Waals surface area contributed by atoms with Crippen LogP contribution >= 0.6 is 0 Å². The number of ether oxygens (including phenoxy) is 3. The Morgan fingerprint density at radius 1 is 1.03 bits per heavy atom. The second kappa shape index (κ2) is 8.32. The summed E-state index contributed by atoms with van der Waals surface area (Å²) in [6.45, 7) is 5.12. The van der Waals surface area contributed by atoms with Crippen molar-refractivity contribution in [2.45, 2.75) is 26.1 Å². The van der Waals surface area contributed by atoms with Gasteiger partial charge in [0.1, 0.15) is 11.5 Å². The molecule has 1 amide bonds. The van der Waals surface area contributed by atoms with E-state index in [9.17, 15) is 4.79 Å². The molecule has 2 aromatic carbocycles. The number of hydrogen-bond acceptors (Lipinski definition) is 5. The molecule has 0 N–H and O–H groups in total.